The third kappa shape index (κ3) is 3.51. The van der Waals surface area contributed by atoms with Gasteiger partial charge in [-0.25, -0.2) is 0 Å². The highest BCUT2D eigenvalue weighted by Crippen LogP contribution is 2.15. The van der Waals surface area contributed by atoms with Crippen molar-refractivity contribution < 1.29 is 13.9 Å². The summed E-state index contributed by atoms with van der Waals surface area (Å²) in [6.07, 6.45) is 2.25. The molecule has 1 aromatic rings. The largest absolute Gasteiger partial charge is 0.468 e. The van der Waals surface area contributed by atoms with Gasteiger partial charge in [0, 0.05) is 12.7 Å². The number of ether oxygens (including phenoxy) is 2. The maximum Gasteiger partial charge on any atom is 0.284 e. The summed E-state index contributed by atoms with van der Waals surface area (Å²) in [7, 11) is 1.58. The van der Waals surface area contributed by atoms with Crippen LogP contribution < -0.4 is 4.74 Å². The summed E-state index contributed by atoms with van der Waals surface area (Å²) in [5, 5.41) is 0. The van der Waals surface area contributed by atoms with Crippen molar-refractivity contribution in [3.63, 3.8) is 0 Å². The molecule has 0 saturated heterocycles. The number of methoxy groups -OCH3 is 1. The number of unbranched alkanes of at least 4 members (excludes halogenated alkanes) is 1. The first-order chi connectivity index (χ1) is 6.36. The summed E-state index contributed by atoms with van der Waals surface area (Å²) in [5.74, 6) is 1.35. The molecule has 1 aromatic heterocycles. The Kier molecular flexibility index (Phi) is 4.40. The fourth-order valence-corrected chi connectivity index (χ4v) is 0.965. The van der Waals surface area contributed by atoms with Crippen molar-refractivity contribution >= 4 is 0 Å². The molecule has 0 spiro atoms. The standard InChI is InChI=1S/C10H16O3/c1-3-4-7-12-8-9-5-6-10(11-2)13-9/h5-6H,3-4,7-8H2,1-2H3. The third-order valence-electron chi connectivity index (χ3n) is 1.72. The van der Waals surface area contributed by atoms with Crippen LogP contribution in [-0.2, 0) is 11.3 Å². The summed E-state index contributed by atoms with van der Waals surface area (Å²) in [5.41, 5.74) is 0. The molecule has 0 aliphatic carbocycles. The maximum absolute atomic E-state index is 5.37. The number of rotatable bonds is 6. The Balaban J connectivity index is 2.20. The van der Waals surface area contributed by atoms with Gasteiger partial charge in [-0.15, -0.1) is 0 Å². The van der Waals surface area contributed by atoms with Crippen LogP contribution in [0, 0.1) is 0 Å². The minimum Gasteiger partial charge on any atom is -0.468 e. The Labute approximate surface area is 78.6 Å². The van der Waals surface area contributed by atoms with Gasteiger partial charge in [0.05, 0.1) is 7.11 Å². The molecule has 0 aromatic carbocycles. The lowest BCUT2D eigenvalue weighted by atomic mass is 10.4. The van der Waals surface area contributed by atoms with Gasteiger partial charge in [-0.05, 0) is 12.5 Å². The Morgan fingerprint density at radius 1 is 1.38 bits per heavy atom. The van der Waals surface area contributed by atoms with Crippen LogP contribution >= 0.6 is 0 Å². The number of hydrogen-bond donors (Lipinski definition) is 0. The van der Waals surface area contributed by atoms with Gasteiger partial charge in [-0.3, -0.25) is 0 Å². The van der Waals surface area contributed by atoms with Crippen molar-refractivity contribution in [3.8, 4) is 5.95 Å². The molecule has 74 valence electrons. The summed E-state index contributed by atoms with van der Waals surface area (Å²) in [6, 6.07) is 3.66. The second-order valence-corrected chi connectivity index (χ2v) is 2.83. The van der Waals surface area contributed by atoms with Crippen LogP contribution in [0.3, 0.4) is 0 Å². The molecule has 0 bridgehead atoms. The molecule has 0 N–H and O–H groups in total. The molecule has 0 fully saturated rings. The molecule has 0 amide bonds. The van der Waals surface area contributed by atoms with Crippen molar-refractivity contribution in [2.45, 2.75) is 26.4 Å². The molecule has 3 heteroatoms. The van der Waals surface area contributed by atoms with Gasteiger partial charge in [0.25, 0.3) is 5.95 Å². The fraction of sp³-hybridized carbons (Fsp3) is 0.600. The lowest BCUT2D eigenvalue weighted by Crippen LogP contribution is -1.93. The van der Waals surface area contributed by atoms with E-state index in [1.165, 1.54) is 0 Å². The molecule has 13 heavy (non-hydrogen) atoms. The minimum absolute atomic E-state index is 0.531. The van der Waals surface area contributed by atoms with Crippen LogP contribution in [-0.4, -0.2) is 13.7 Å². The zero-order valence-electron chi connectivity index (χ0n) is 8.21. The Morgan fingerprint density at radius 2 is 2.23 bits per heavy atom. The van der Waals surface area contributed by atoms with E-state index in [2.05, 4.69) is 6.92 Å². The van der Waals surface area contributed by atoms with Gasteiger partial charge >= 0.3 is 0 Å². The number of furan rings is 1. The van der Waals surface area contributed by atoms with Gasteiger partial charge in [-0.1, -0.05) is 13.3 Å². The second kappa shape index (κ2) is 5.65. The maximum atomic E-state index is 5.37. The highest BCUT2D eigenvalue weighted by Gasteiger charge is 2.00. The zero-order chi connectivity index (χ0) is 9.52. The minimum atomic E-state index is 0.531. The van der Waals surface area contributed by atoms with Gasteiger partial charge in [0.1, 0.15) is 12.4 Å². The van der Waals surface area contributed by atoms with Crippen LogP contribution in [0.2, 0.25) is 0 Å². The lowest BCUT2D eigenvalue weighted by molar-refractivity contribution is 0.100. The molecule has 0 radical (unpaired) electrons. The molecular weight excluding hydrogens is 168 g/mol. The van der Waals surface area contributed by atoms with E-state index < -0.39 is 0 Å². The predicted molar refractivity (Wildman–Crippen MR) is 49.8 cm³/mol. The monoisotopic (exact) mass is 184 g/mol. The third-order valence-corrected chi connectivity index (χ3v) is 1.72. The molecule has 0 saturated carbocycles. The first-order valence-electron chi connectivity index (χ1n) is 4.57. The van der Waals surface area contributed by atoms with Crippen molar-refractivity contribution in [3.05, 3.63) is 17.9 Å². The van der Waals surface area contributed by atoms with E-state index in [0.717, 1.165) is 25.2 Å². The SMILES string of the molecule is CCCCOCc1ccc(OC)o1. The van der Waals surface area contributed by atoms with Crippen LogP contribution in [0.4, 0.5) is 0 Å². The van der Waals surface area contributed by atoms with E-state index in [4.69, 9.17) is 13.9 Å². The quantitative estimate of drug-likeness (QED) is 0.637. The van der Waals surface area contributed by atoms with Gasteiger partial charge in [-0.2, -0.15) is 0 Å². The van der Waals surface area contributed by atoms with Gasteiger partial charge in [0.15, 0.2) is 0 Å². The summed E-state index contributed by atoms with van der Waals surface area (Å²) in [4.78, 5) is 0. The molecule has 0 unspecified atom stereocenters. The van der Waals surface area contributed by atoms with E-state index in [-0.39, 0.29) is 0 Å². The zero-order valence-corrected chi connectivity index (χ0v) is 8.21. The normalized spacial score (nSPS) is 10.3. The van der Waals surface area contributed by atoms with Crippen LogP contribution in [0.25, 0.3) is 0 Å². The first-order valence-corrected chi connectivity index (χ1v) is 4.57. The van der Waals surface area contributed by atoms with Crippen LogP contribution in [0.1, 0.15) is 25.5 Å². The van der Waals surface area contributed by atoms with Gasteiger partial charge < -0.3 is 13.9 Å². The van der Waals surface area contributed by atoms with Crippen LogP contribution in [0.5, 0.6) is 5.95 Å². The predicted octanol–water partition coefficient (Wildman–Crippen LogP) is 2.60. The van der Waals surface area contributed by atoms with E-state index in [1.54, 1.807) is 13.2 Å². The van der Waals surface area contributed by atoms with Gasteiger partial charge in [0.2, 0.25) is 0 Å². The molecule has 0 aliphatic heterocycles. The van der Waals surface area contributed by atoms with Crippen molar-refractivity contribution in [1.29, 1.82) is 0 Å². The molecular formula is C10H16O3. The summed E-state index contributed by atoms with van der Waals surface area (Å²) >= 11 is 0. The summed E-state index contributed by atoms with van der Waals surface area (Å²) in [6.45, 7) is 3.46. The second-order valence-electron chi connectivity index (χ2n) is 2.83. The van der Waals surface area contributed by atoms with Crippen LogP contribution in [0.15, 0.2) is 16.5 Å². The summed E-state index contributed by atoms with van der Waals surface area (Å²) < 4.78 is 15.5. The Bertz CT molecular complexity index is 230. The fourth-order valence-electron chi connectivity index (χ4n) is 0.965. The molecule has 1 heterocycles. The Hall–Kier alpha value is -0.960. The molecule has 3 nitrogen and oxygen atoms in total. The topological polar surface area (TPSA) is 31.6 Å². The van der Waals surface area contributed by atoms with Crippen molar-refractivity contribution in [2.24, 2.45) is 0 Å². The van der Waals surface area contributed by atoms with Crippen molar-refractivity contribution in [1.82, 2.24) is 0 Å². The van der Waals surface area contributed by atoms with E-state index >= 15 is 0 Å². The smallest absolute Gasteiger partial charge is 0.284 e. The van der Waals surface area contributed by atoms with E-state index in [9.17, 15) is 0 Å². The molecule has 1 rings (SSSR count). The van der Waals surface area contributed by atoms with E-state index in [0.29, 0.717) is 12.6 Å². The lowest BCUT2D eigenvalue weighted by Gasteiger charge is -1.99. The average molecular weight is 184 g/mol. The number of hydrogen-bond acceptors (Lipinski definition) is 3. The molecule has 0 aliphatic rings. The molecule has 0 atom stereocenters. The van der Waals surface area contributed by atoms with Crippen molar-refractivity contribution in [2.75, 3.05) is 13.7 Å². The first kappa shape index (κ1) is 10.1. The highest BCUT2D eigenvalue weighted by molar-refractivity contribution is 5.10. The Morgan fingerprint density at radius 3 is 2.85 bits per heavy atom. The van der Waals surface area contributed by atoms with E-state index in [1.807, 2.05) is 6.07 Å². The highest BCUT2D eigenvalue weighted by atomic mass is 16.6. The average Bonchev–Trinajstić information content (AvgIpc) is 2.60.